The van der Waals surface area contributed by atoms with Gasteiger partial charge in [0.1, 0.15) is 5.82 Å². The first-order valence-corrected chi connectivity index (χ1v) is 15.3. The number of likely N-dealkylation sites (tertiary alicyclic amines) is 1. The van der Waals surface area contributed by atoms with Crippen LogP contribution >= 0.6 is 0 Å². The Morgan fingerprint density at radius 3 is 2.56 bits per heavy atom. The minimum Gasteiger partial charge on any atom is -0.340 e. The third kappa shape index (κ3) is 6.21. The molecule has 4 fully saturated rings. The molecule has 5 heterocycles. The molecule has 4 aliphatic heterocycles. The second kappa shape index (κ2) is 12.4. The van der Waals surface area contributed by atoms with Crippen LogP contribution in [0.3, 0.4) is 0 Å². The third-order valence-corrected chi connectivity index (χ3v) is 9.85. The maximum absolute atomic E-state index is 14.1. The molecule has 0 aliphatic carbocycles. The Morgan fingerprint density at radius 2 is 1.77 bits per heavy atom. The average molecular weight is 534 g/mol. The van der Waals surface area contributed by atoms with E-state index in [0.29, 0.717) is 24.9 Å². The molecule has 7 heteroatoms. The highest BCUT2D eigenvalue weighted by Gasteiger charge is 2.48. The van der Waals surface area contributed by atoms with Gasteiger partial charge in [-0.25, -0.2) is 4.39 Å². The van der Waals surface area contributed by atoms with E-state index in [9.17, 15) is 9.18 Å². The van der Waals surface area contributed by atoms with E-state index in [0.717, 1.165) is 63.1 Å². The third-order valence-electron chi connectivity index (χ3n) is 9.85. The van der Waals surface area contributed by atoms with Gasteiger partial charge >= 0.3 is 0 Å². The number of benzene rings is 1. The number of rotatable bonds is 8. The summed E-state index contributed by atoms with van der Waals surface area (Å²) in [5.74, 6) is 1.64. The van der Waals surface area contributed by atoms with Crippen molar-refractivity contribution in [3.63, 3.8) is 0 Å². The molecule has 210 valence electrons. The second-order valence-corrected chi connectivity index (χ2v) is 12.2. The Hall–Kier alpha value is -2.35. The molecule has 0 bridgehead atoms. The highest BCUT2D eigenvalue weighted by molar-refractivity contribution is 5.76. The molecule has 0 unspecified atom stereocenters. The Morgan fingerprint density at radius 1 is 0.949 bits per heavy atom. The minimum absolute atomic E-state index is 0.142. The largest absolute Gasteiger partial charge is 0.340 e. The Kier molecular flexibility index (Phi) is 8.57. The van der Waals surface area contributed by atoms with Crippen LogP contribution in [0.1, 0.15) is 56.1 Å². The summed E-state index contributed by atoms with van der Waals surface area (Å²) in [5.41, 5.74) is 2.04. The molecule has 4 saturated heterocycles. The minimum atomic E-state index is -0.142. The van der Waals surface area contributed by atoms with Crippen LogP contribution in [0.25, 0.3) is 0 Å². The zero-order chi connectivity index (χ0) is 26.6. The van der Waals surface area contributed by atoms with Gasteiger partial charge in [-0.15, -0.1) is 0 Å². The van der Waals surface area contributed by atoms with E-state index >= 15 is 0 Å². The SMILES string of the molecule is O=C(CCC[C@@H]1[C@H]2CCCN3CCC[C@@H](CN1Cc1cccnc1)[C@@H]23)N1CCN(Cc2ccccc2F)CC1. The fraction of sp³-hybridized carbons (Fsp3) is 0.625. The average Bonchev–Trinajstić information content (AvgIpc) is 2.97. The first-order valence-electron chi connectivity index (χ1n) is 15.3. The van der Waals surface area contributed by atoms with Crippen LogP contribution < -0.4 is 0 Å². The van der Waals surface area contributed by atoms with E-state index in [1.54, 1.807) is 6.07 Å². The van der Waals surface area contributed by atoms with Crippen molar-refractivity contribution in [2.75, 3.05) is 45.8 Å². The fourth-order valence-electron chi connectivity index (χ4n) is 8.03. The molecule has 4 aliphatic rings. The van der Waals surface area contributed by atoms with Crippen molar-refractivity contribution < 1.29 is 9.18 Å². The summed E-state index contributed by atoms with van der Waals surface area (Å²) in [5, 5.41) is 0. The van der Waals surface area contributed by atoms with Gasteiger partial charge in [0.2, 0.25) is 5.91 Å². The van der Waals surface area contributed by atoms with E-state index in [4.69, 9.17) is 0 Å². The summed E-state index contributed by atoms with van der Waals surface area (Å²) in [7, 11) is 0. The van der Waals surface area contributed by atoms with E-state index in [-0.39, 0.29) is 11.7 Å². The molecule has 6 nitrogen and oxygen atoms in total. The number of hydrogen-bond acceptors (Lipinski definition) is 5. The van der Waals surface area contributed by atoms with Gasteiger partial charge in [-0.1, -0.05) is 24.3 Å². The van der Waals surface area contributed by atoms with Crippen LogP contribution in [0.15, 0.2) is 48.8 Å². The Bertz CT molecular complexity index is 1090. The predicted molar refractivity (Wildman–Crippen MR) is 151 cm³/mol. The molecule has 0 spiro atoms. The van der Waals surface area contributed by atoms with Gasteiger partial charge in [-0.3, -0.25) is 24.5 Å². The van der Waals surface area contributed by atoms with Crippen LogP contribution in [-0.2, 0) is 17.9 Å². The number of piperazine rings is 1. The predicted octanol–water partition coefficient (Wildman–Crippen LogP) is 4.41. The van der Waals surface area contributed by atoms with E-state index in [1.165, 1.54) is 56.9 Å². The number of aromatic nitrogens is 1. The molecule has 39 heavy (non-hydrogen) atoms. The first kappa shape index (κ1) is 26.9. The summed E-state index contributed by atoms with van der Waals surface area (Å²) < 4.78 is 14.1. The van der Waals surface area contributed by atoms with Crippen molar-refractivity contribution in [1.29, 1.82) is 0 Å². The van der Waals surface area contributed by atoms with Gasteiger partial charge < -0.3 is 4.90 Å². The standard InChI is InChI=1S/C32H44FN5O/c33-29-11-2-1-8-26(29)23-35-17-19-36(20-18-35)31(39)13-3-12-30-28-10-6-16-37-15-5-9-27(32(28)37)24-38(30)22-25-7-4-14-34-21-25/h1-2,4,7-8,11,14,21,27-28,30,32H,3,5-6,9-10,12-13,15-20,22-24H2/t27-,28+,30+,32-/m0/s1. The lowest BCUT2D eigenvalue weighted by Crippen LogP contribution is -2.64. The number of nitrogens with zero attached hydrogens (tertiary/aromatic N) is 5. The molecule has 6 rings (SSSR count). The van der Waals surface area contributed by atoms with Crippen molar-refractivity contribution in [2.45, 2.75) is 70.1 Å². The second-order valence-electron chi connectivity index (χ2n) is 12.2. The summed E-state index contributed by atoms with van der Waals surface area (Å²) >= 11 is 0. The number of carbonyl (C=O) groups excluding carboxylic acids is 1. The lowest BCUT2D eigenvalue weighted by molar-refractivity contribution is -0.133. The molecule has 0 radical (unpaired) electrons. The zero-order valence-corrected chi connectivity index (χ0v) is 23.3. The Balaban J connectivity index is 1.04. The van der Waals surface area contributed by atoms with Gasteiger partial charge in [0, 0.05) is 82.3 Å². The van der Waals surface area contributed by atoms with Crippen molar-refractivity contribution in [3.05, 3.63) is 65.7 Å². The van der Waals surface area contributed by atoms with E-state index in [2.05, 4.69) is 31.8 Å². The van der Waals surface area contributed by atoms with Crippen LogP contribution in [0.4, 0.5) is 4.39 Å². The number of pyridine rings is 1. The molecule has 0 N–H and O–H groups in total. The van der Waals surface area contributed by atoms with Gasteiger partial charge in [-0.2, -0.15) is 0 Å². The number of carbonyl (C=O) groups is 1. The number of piperidine rings is 3. The lowest BCUT2D eigenvalue weighted by atomic mass is 9.69. The maximum atomic E-state index is 14.1. The first-order chi connectivity index (χ1) is 19.2. The van der Waals surface area contributed by atoms with Gasteiger partial charge in [-0.05, 0) is 81.1 Å². The zero-order valence-electron chi connectivity index (χ0n) is 23.3. The summed E-state index contributed by atoms with van der Waals surface area (Å²) in [6.07, 6.45) is 11.9. The van der Waals surface area contributed by atoms with Crippen LogP contribution in [-0.4, -0.2) is 88.4 Å². The molecular weight excluding hydrogens is 489 g/mol. The van der Waals surface area contributed by atoms with Crippen LogP contribution in [0, 0.1) is 17.7 Å². The smallest absolute Gasteiger partial charge is 0.222 e. The van der Waals surface area contributed by atoms with Crippen LogP contribution in [0.2, 0.25) is 0 Å². The highest BCUT2D eigenvalue weighted by atomic mass is 19.1. The maximum Gasteiger partial charge on any atom is 0.222 e. The van der Waals surface area contributed by atoms with Crippen molar-refractivity contribution in [2.24, 2.45) is 11.8 Å². The van der Waals surface area contributed by atoms with Crippen LogP contribution in [0.5, 0.6) is 0 Å². The Labute approximate surface area is 233 Å². The molecule has 0 saturated carbocycles. The summed E-state index contributed by atoms with van der Waals surface area (Å²) in [4.78, 5) is 27.4. The highest BCUT2D eigenvalue weighted by Crippen LogP contribution is 2.43. The normalized spacial score (nSPS) is 28.3. The molecule has 4 atom stereocenters. The molecule has 1 aromatic heterocycles. The van der Waals surface area contributed by atoms with Crippen molar-refractivity contribution >= 4 is 5.91 Å². The number of hydrogen-bond donors (Lipinski definition) is 0. The quantitative estimate of drug-likeness (QED) is 0.503. The molecule has 2 aromatic rings. The fourth-order valence-corrected chi connectivity index (χ4v) is 8.03. The summed E-state index contributed by atoms with van der Waals surface area (Å²) in [6, 6.07) is 12.5. The van der Waals surface area contributed by atoms with Crippen molar-refractivity contribution in [1.82, 2.24) is 24.6 Å². The summed E-state index contributed by atoms with van der Waals surface area (Å²) in [6.45, 7) is 8.40. The van der Waals surface area contributed by atoms with Gasteiger partial charge in [0.05, 0.1) is 0 Å². The van der Waals surface area contributed by atoms with Gasteiger partial charge in [0.15, 0.2) is 0 Å². The number of halogens is 1. The topological polar surface area (TPSA) is 42.9 Å². The van der Waals surface area contributed by atoms with E-state index < -0.39 is 0 Å². The monoisotopic (exact) mass is 533 g/mol. The number of amides is 1. The molecule has 1 aromatic carbocycles. The lowest BCUT2D eigenvalue weighted by Gasteiger charge is -2.57. The van der Waals surface area contributed by atoms with Gasteiger partial charge in [0.25, 0.3) is 0 Å². The molecular formula is C32H44FN5O. The molecule has 1 amide bonds. The van der Waals surface area contributed by atoms with E-state index in [1.807, 2.05) is 29.4 Å². The van der Waals surface area contributed by atoms with Crippen molar-refractivity contribution in [3.8, 4) is 0 Å².